The zero-order valence-electron chi connectivity index (χ0n) is 9.39. The van der Waals surface area contributed by atoms with Crippen molar-refractivity contribution in [2.75, 3.05) is 6.61 Å². The van der Waals surface area contributed by atoms with Gasteiger partial charge in [0.25, 0.3) is 0 Å². The number of nitrogens with zero attached hydrogens (tertiary/aromatic N) is 1. The van der Waals surface area contributed by atoms with Crippen molar-refractivity contribution in [3.8, 4) is 5.75 Å². The molecule has 7 nitrogen and oxygen atoms in total. The number of benzene rings is 1. The summed E-state index contributed by atoms with van der Waals surface area (Å²) >= 11 is 0. The highest BCUT2D eigenvalue weighted by Crippen LogP contribution is 2.27. The molecule has 0 unspecified atom stereocenters. The van der Waals surface area contributed by atoms with Crippen LogP contribution in [-0.2, 0) is 4.79 Å². The van der Waals surface area contributed by atoms with Gasteiger partial charge in [0.05, 0.1) is 11.5 Å². The van der Waals surface area contributed by atoms with Crippen LogP contribution in [0.15, 0.2) is 18.2 Å². The van der Waals surface area contributed by atoms with Gasteiger partial charge in [-0.2, -0.15) is 0 Å². The zero-order chi connectivity index (χ0) is 13.5. The third kappa shape index (κ3) is 3.98. The molecule has 0 fully saturated rings. The molecular weight excluding hydrogens is 245 g/mol. The van der Waals surface area contributed by atoms with E-state index in [9.17, 15) is 19.3 Å². The molecule has 18 heavy (non-hydrogen) atoms. The molecule has 0 bridgehead atoms. The van der Waals surface area contributed by atoms with Crippen LogP contribution >= 0.6 is 0 Å². The normalized spacial score (nSPS) is 9.89. The second kappa shape index (κ2) is 6.50. The summed E-state index contributed by atoms with van der Waals surface area (Å²) in [5, 5.41) is 10.6. The maximum absolute atomic E-state index is 12.9. The van der Waals surface area contributed by atoms with Crippen LogP contribution in [-0.4, -0.2) is 17.4 Å². The molecule has 98 valence electrons. The number of nitrogens with two attached hydrogens (primary N) is 1. The van der Waals surface area contributed by atoms with Crippen molar-refractivity contribution in [3.63, 3.8) is 0 Å². The Morgan fingerprint density at radius 3 is 2.89 bits per heavy atom. The van der Waals surface area contributed by atoms with Gasteiger partial charge in [-0.3, -0.25) is 20.3 Å². The first-order chi connectivity index (χ1) is 8.54. The number of nitrogens with one attached hydrogen (secondary N) is 1. The quantitative estimate of drug-likeness (QED) is 0.258. The lowest BCUT2D eigenvalue weighted by atomic mass is 10.3. The number of rotatable bonds is 6. The maximum atomic E-state index is 12.9. The van der Waals surface area contributed by atoms with Gasteiger partial charge in [0.15, 0.2) is 5.75 Å². The average Bonchev–Trinajstić information content (AvgIpc) is 2.34. The third-order valence-electron chi connectivity index (χ3n) is 2.09. The summed E-state index contributed by atoms with van der Waals surface area (Å²) in [6, 6.07) is 2.94. The van der Waals surface area contributed by atoms with Gasteiger partial charge in [-0.25, -0.2) is 10.2 Å². The van der Waals surface area contributed by atoms with E-state index in [1.54, 1.807) is 0 Å². The summed E-state index contributed by atoms with van der Waals surface area (Å²) in [5.41, 5.74) is 1.62. The van der Waals surface area contributed by atoms with Gasteiger partial charge in [-0.05, 0) is 12.5 Å². The van der Waals surface area contributed by atoms with Crippen LogP contribution in [0.2, 0.25) is 0 Å². The van der Waals surface area contributed by atoms with E-state index >= 15 is 0 Å². The Bertz CT molecular complexity index is 453. The predicted molar refractivity (Wildman–Crippen MR) is 60.1 cm³/mol. The zero-order valence-corrected chi connectivity index (χ0v) is 9.39. The Morgan fingerprint density at radius 2 is 2.28 bits per heavy atom. The van der Waals surface area contributed by atoms with E-state index in [0.717, 1.165) is 18.2 Å². The maximum Gasteiger partial charge on any atom is 0.311 e. The summed E-state index contributed by atoms with van der Waals surface area (Å²) in [6.07, 6.45) is 0.441. The fourth-order valence-corrected chi connectivity index (χ4v) is 1.24. The number of halogens is 1. The van der Waals surface area contributed by atoms with Crippen molar-refractivity contribution < 1.29 is 18.8 Å². The van der Waals surface area contributed by atoms with Gasteiger partial charge >= 0.3 is 5.69 Å². The van der Waals surface area contributed by atoms with E-state index in [-0.39, 0.29) is 30.4 Å². The highest BCUT2D eigenvalue weighted by Gasteiger charge is 2.15. The van der Waals surface area contributed by atoms with E-state index in [1.807, 2.05) is 5.43 Å². The van der Waals surface area contributed by atoms with Crippen molar-refractivity contribution in [2.45, 2.75) is 12.8 Å². The number of ether oxygens (including phenoxy) is 1. The Hall–Kier alpha value is -2.22. The highest BCUT2D eigenvalue weighted by atomic mass is 19.1. The second-order valence-corrected chi connectivity index (χ2v) is 3.39. The van der Waals surface area contributed by atoms with E-state index < -0.39 is 10.7 Å². The van der Waals surface area contributed by atoms with E-state index in [4.69, 9.17) is 10.6 Å². The standard InChI is InChI=1S/C10H12FN3O4/c11-7-3-4-8(14(16)17)9(6-7)18-5-1-2-10(15)13-12/h3-4,6H,1-2,5,12H2,(H,13,15). The monoisotopic (exact) mass is 257 g/mol. The molecule has 0 saturated carbocycles. The van der Waals surface area contributed by atoms with Gasteiger partial charge in [0.1, 0.15) is 5.82 Å². The van der Waals surface area contributed by atoms with Crippen LogP contribution in [0, 0.1) is 15.9 Å². The molecule has 1 aromatic carbocycles. The van der Waals surface area contributed by atoms with Crippen molar-refractivity contribution in [2.24, 2.45) is 5.84 Å². The molecule has 0 aromatic heterocycles. The van der Waals surface area contributed by atoms with Crippen molar-refractivity contribution >= 4 is 11.6 Å². The SMILES string of the molecule is NNC(=O)CCCOc1cc(F)ccc1[N+](=O)[O-]. The smallest absolute Gasteiger partial charge is 0.311 e. The summed E-state index contributed by atoms with van der Waals surface area (Å²) in [5.74, 6) is 3.71. The fraction of sp³-hybridized carbons (Fsp3) is 0.300. The first kappa shape index (κ1) is 13.8. The van der Waals surface area contributed by atoms with E-state index in [1.165, 1.54) is 0 Å². The Balaban J connectivity index is 2.58. The minimum Gasteiger partial charge on any atom is -0.487 e. The number of carbonyl (C=O) groups excluding carboxylic acids is 1. The summed E-state index contributed by atoms with van der Waals surface area (Å²) in [7, 11) is 0. The van der Waals surface area contributed by atoms with Crippen LogP contribution in [0.3, 0.4) is 0 Å². The Labute approximate surface area is 102 Å². The Morgan fingerprint density at radius 1 is 1.56 bits per heavy atom. The van der Waals surface area contributed by atoms with Crippen LogP contribution in [0.1, 0.15) is 12.8 Å². The first-order valence-corrected chi connectivity index (χ1v) is 5.10. The average molecular weight is 257 g/mol. The van der Waals surface area contributed by atoms with Gasteiger partial charge in [-0.1, -0.05) is 0 Å². The molecule has 0 aliphatic carbocycles. The number of nitro benzene ring substituents is 1. The molecule has 0 aliphatic rings. The van der Waals surface area contributed by atoms with Crippen LogP contribution in [0.4, 0.5) is 10.1 Å². The van der Waals surface area contributed by atoms with Gasteiger partial charge < -0.3 is 4.74 Å². The lowest BCUT2D eigenvalue weighted by molar-refractivity contribution is -0.385. The summed E-state index contributed by atoms with van der Waals surface area (Å²) in [4.78, 5) is 20.8. The van der Waals surface area contributed by atoms with Gasteiger partial charge in [-0.15, -0.1) is 0 Å². The fourth-order valence-electron chi connectivity index (χ4n) is 1.24. The molecule has 1 amide bonds. The molecular formula is C10H12FN3O4. The van der Waals surface area contributed by atoms with E-state index in [0.29, 0.717) is 6.42 Å². The van der Waals surface area contributed by atoms with E-state index in [2.05, 4.69) is 0 Å². The number of hydrogen-bond donors (Lipinski definition) is 2. The van der Waals surface area contributed by atoms with Crippen LogP contribution < -0.4 is 16.0 Å². The molecule has 1 rings (SSSR count). The second-order valence-electron chi connectivity index (χ2n) is 3.39. The molecule has 0 radical (unpaired) electrons. The number of nitro groups is 1. The lowest BCUT2D eigenvalue weighted by Crippen LogP contribution is -2.29. The van der Waals surface area contributed by atoms with Crippen LogP contribution in [0.25, 0.3) is 0 Å². The van der Waals surface area contributed by atoms with Gasteiger partial charge in [0.2, 0.25) is 5.91 Å². The van der Waals surface area contributed by atoms with Gasteiger partial charge in [0, 0.05) is 18.6 Å². The predicted octanol–water partition coefficient (Wildman–Crippen LogP) is 0.883. The molecule has 3 N–H and O–H groups in total. The molecule has 0 spiro atoms. The largest absolute Gasteiger partial charge is 0.487 e. The van der Waals surface area contributed by atoms with Crippen molar-refractivity contribution in [1.82, 2.24) is 5.43 Å². The molecule has 8 heteroatoms. The van der Waals surface area contributed by atoms with Crippen LogP contribution in [0.5, 0.6) is 5.75 Å². The number of hydrogen-bond acceptors (Lipinski definition) is 5. The minimum absolute atomic E-state index is 0.0533. The lowest BCUT2D eigenvalue weighted by Gasteiger charge is -2.06. The molecule has 0 atom stereocenters. The number of hydrazine groups is 1. The van der Waals surface area contributed by atoms with Crippen molar-refractivity contribution in [1.29, 1.82) is 0 Å². The Kier molecular flexibility index (Phi) is 5.00. The molecule has 0 aliphatic heterocycles. The third-order valence-corrected chi connectivity index (χ3v) is 2.09. The number of amides is 1. The molecule has 1 aromatic rings. The summed E-state index contributed by atoms with van der Waals surface area (Å²) in [6.45, 7) is 0.0533. The van der Waals surface area contributed by atoms with Crippen molar-refractivity contribution in [3.05, 3.63) is 34.1 Å². The topological polar surface area (TPSA) is 107 Å². The molecule has 0 saturated heterocycles. The highest BCUT2D eigenvalue weighted by molar-refractivity contribution is 5.75. The minimum atomic E-state index is -0.665. The number of carbonyl (C=O) groups is 1. The molecule has 0 heterocycles. The summed E-state index contributed by atoms with van der Waals surface area (Å²) < 4.78 is 18.0. The first-order valence-electron chi connectivity index (χ1n) is 5.10.